The topological polar surface area (TPSA) is 78.7 Å². The number of carbonyl (C=O) groups excluding carboxylic acids is 1. The van der Waals surface area contributed by atoms with Crippen LogP contribution in [-0.4, -0.2) is 37.8 Å². The second-order valence-corrected chi connectivity index (χ2v) is 4.68. The molecule has 1 saturated carbocycles. The van der Waals surface area contributed by atoms with Gasteiger partial charge in [-0.2, -0.15) is 0 Å². The molecule has 0 heterocycles. The first-order valence-corrected chi connectivity index (χ1v) is 5.67. The maximum absolute atomic E-state index is 10.7. The Labute approximate surface area is 100 Å². The van der Waals surface area contributed by atoms with Crippen molar-refractivity contribution in [3.63, 3.8) is 0 Å². The molecule has 0 spiro atoms. The quantitative estimate of drug-likeness (QED) is 0.306. The molecule has 0 atom stereocenters. The van der Waals surface area contributed by atoms with E-state index in [4.69, 9.17) is 9.47 Å². The zero-order valence-corrected chi connectivity index (χ0v) is 10.3. The fourth-order valence-electron chi connectivity index (χ4n) is 2.53. The molecule has 6 heteroatoms. The van der Waals surface area contributed by atoms with E-state index in [1.807, 2.05) is 0 Å². The summed E-state index contributed by atoms with van der Waals surface area (Å²) in [5.41, 5.74) is -0.522. The van der Waals surface area contributed by atoms with Crippen LogP contribution in [0.5, 0.6) is 0 Å². The summed E-state index contributed by atoms with van der Waals surface area (Å²) in [6, 6.07) is 0. The zero-order chi connectivity index (χ0) is 12.9. The summed E-state index contributed by atoms with van der Waals surface area (Å²) >= 11 is 0. The Balaban J connectivity index is 2.72. The molecule has 0 radical (unpaired) electrons. The number of hydrogen-bond acceptors (Lipinski definition) is 5. The van der Waals surface area contributed by atoms with Gasteiger partial charge < -0.3 is 14.3 Å². The first kappa shape index (κ1) is 14.1. The van der Waals surface area contributed by atoms with Gasteiger partial charge >= 0.3 is 0 Å². The van der Waals surface area contributed by atoms with Crippen molar-refractivity contribution in [2.45, 2.75) is 37.9 Å². The van der Waals surface area contributed by atoms with Gasteiger partial charge in [0.05, 0.1) is 0 Å². The highest BCUT2D eigenvalue weighted by Gasteiger charge is 2.45. The highest BCUT2D eigenvalue weighted by Crippen LogP contribution is 2.44. The lowest BCUT2D eigenvalue weighted by Gasteiger charge is -2.42. The van der Waals surface area contributed by atoms with Gasteiger partial charge in [-0.05, 0) is 12.8 Å². The van der Waals surface area contributed by atoms with E-state index in [9.17, 15) is 14.9 Å². The lowest BCUT2D eigenvalue weighted by Crippen LogP contribution is -2.44. The first-order valence-electron chi connectivity index (χ1n) is 5.67. The van der Waals surface area contributed by atoms with Gasteiger partial charge in [0, 0.05) is 43.8 Å². The monoisotopic (exact) mass is 245 g/mol. The highest BCUT2D eigenvalue weighted by molar-refractivity contribution is 5.50. The summed E-state index contributed by atoms with van der Waals surface area (Å²) in [6.07, 6.45) is 3.33. The minimum atomic E-state index is -0.636. The van der Waals surface area contributed by atoms with Crippen LogP contribution >= 0.6 is 0 Å². The van der Waals surface area contributed by atoms with Gasteiger partial charge in [0.2, 0.25) is 6.54 Å². The molecule has 98 valence electrons. The van der Waals surface area contributed by atoms with Gasteiger partial charge in [-0.3, -0.25) is 10.1 Å². The van der Waals surface area contributed by atoms with Crippen molar-refractivity contribution in [3.05, 3.63) is 10.1 Å². The number of methoxy groups -OCH3 is 2. The predicted molar refractivity (Wildman–Crippen MR) is 60.2 cm³/mol. The van der Waals surface area contributed by atoms with E-state index < -0.39 is 11.2 Å². The second kappa shape index (κ2) is 5.55. The predicted octanol–water partition coefficient (Wildman–Crippen LogP) is 1.40. The molecule has 0 unspecified atom stereocenters. The first-order chi connectivity index (χ1) is 8.01. The van der Waals surface area contributed by atoms with E-state index in [0.717, 1.165) is 6.29 Å². The SMILES string of the molecule is COC1(OC)CCC(CC=O)(C[N+](=O)[O-])CC1. The van der Waals surface area contributed by atoms with E-state index in [0.29, 0.717) is 25.7 Å². The fraction of sp³-hybridized carbons (Fsp3) is 0.909. The molecule has 0 aromatic carbocycles. The maximum atomic E-state index is 10.7. The lowest BCUT2D eigenvalue weighted by atomic mass is 9.70. The van der Waals surface area contributed by atoms with E-state index in [1.165, 1.54) is 0 Å². The number of ether oxygens (including phenoxy) is 2. The van der Waals surface area contributed by atoms with Crippen LogP contribution in [-0.2, 0) is 14.3 Å². The largest absolute Gasteiger partial charge is 0.353 e. The van der Waals surface area contributed by atoms with Gasteiger partial charge in [0.15, 0.2) is 5.79 Å². The summed E-state index contributed by atoms with van der Waals surface area (Å²) in [7, 11) is 3.15. The Morgan fingerprint density at radius 2 is 1.76 bits per heavy atom. The molecule has 0 aliphatic heterocycles. The van der Waals surface area contributed by atoms with Crippen molar-refractivity contribution in [2.75, 3.05) is 20.8 Å². The Bertz CT molecular complexity index is 278. The van der Waals surface area contributed by atoms with Crippen LogP contribution in [0, 0.1) is 15.5 Å². The molecule has 0 amide bonds. The molecule has 17 heavy (non-hydrogen) atoms. The van der Waals surface area contributed by atoms with E-state index in [1.54, 1.807) is 14.2 Å². The van der Waals surface area contributed by atoms with Crippen LogP contribution in [0.3, 0.4) is 0 Å². The minimum absolute atomic E-state index is 0.157. The van der Waals surface area contributed by atoms with Crippen molar-refractivity contribution >= 4 is 6.29 Å². The molecular weight excluding hydrogens is 226 g/mol. The van der Waals surface area contributed by atoms with Gasteiger partial charge in [-0.15, -0.1) is 0 Å². The summed E-state index contributed by atoms with van der Waals surface area (Å²) in [6.45, 7) is -0.157. The zero-order valence-electron chi connectivity index (χ0n) is 10.3. The Morgan fingerprint density at radius 1 is 1.24 bits per heavy atom. The number of carbonyl (C=O) groups is 1. The smallest absolute Gasteiger partial charge is 0.209 e. The van der Waals surface area contributed by atoms with Crippen LogP contribution in [0.1, 0.15) is 32.1 Å². The molecule has 0 saturated heterocycles. The standard InChI is InChI=1S/C11H19NO5/c1-16-11(17-2)5-3-10(4-6-11,7-8-13)9-12(14)15/h8H,3-7,9H2,1-2H3. The molecule has 1 fully saturated rings. The third kappa shape index (κ3) is 3.23. The number of rotatable bonds is 6. The van der Waals surface area contributed by atoms with Gasteiger partial charge in [-0.1, -0.05) is 0 Å². The van der Waals surface area contributed by atoms with Crippen molar-refractivity contribution in [3.8, 4) is 0 Å². The van der Waals surface area contributed by atoms with Crippen molar-refractivity contribution < 1.29 is 19.2 Å². The van der Waals surface area contributed by atoms with Gasteiger partial charge in [0.1, 0.15) is 6.29 Å². The molecule has 6 nitrogen and oxygen atoms in total. The lowest BCUT2D eigenvalue weighted by molar-refractivity contribution is -0.500. The molecular formula is C11H19NO5. The molecule has 0 aromatic heterocycles. The van der Waals surface area contributed by atoms with Crippen LogP contribution < -0.4 is 0 Å². The summed E-state index contributed by atoms with van der Waals surface area (Å²) in [4.78, 5) is 21.0. The number of nitrogens with zero attached hydrogens (tertiary/aromatic N) is 1. The normalized spacial score (nSPS) is 22.0. The van der Waals surface area contributed by atoms with Crippen LogP contribution in [0.15, 0.2) is 0 Å². The summed E-state index contributed by atoms with van der Waals surface area (Å²) in [5, 5.41) is 10.7. The number of nitro groups is 1. The molecule has 0 bridgehead atoms. The Hall–Kier alpha value is -1.01. The number of hydrogen-bond donors (Lipinski definition) is 0. The summed E-state index contributed by atoms with van der Waals surface area (Å²) < 4.78 is 10.6. The molecule has 1 aliphatic rings. The van der Waals surface area contributed by atoms with Gasteiger partial charge in [-0.25, -0.2) is 0 Å². The third-order valence-electron chi connectivity index (χ3n) is 3.80. The average Bonchev–Trinajstić information content (AvgIpc) is 2.30. The summed E-state index contributed by atoms with van der Waals surface area (Å²) in [5.74, 6) is -0.636. The molecule has 1 rings (SSSR count). The molecule has 0 aromatic rings. The van der Waals surface area contributed by atoms with E-state index in [2.05, 4.69) is 0 Å². The minimum Gasteiger partial charge on any atom is -0.353 e. The van der Waals surface area contributed by atoms with Crippen LogP contribution in [0.25, 0.3) is 0 Å². The van der Waals surface area contributed by atoms with Crippen molar-refractivity contribution in [1.29, 1.82) is 0 Å². The maximum Gasteiger partial charge on any atom is 0.209 e. The Kier molecular flexibility index (Phi) is 4.59. The van der Waals surface area contributed by atoms with Crippen LogP contribution in [0.4, 0.5) is 0 Å². The second-order valence-electron chi connectivity index (χ2n) is 4.68. The average molecular weight is 245 g/mol. The molecule has 0 N–H and O–H groups in total. The molecule has 1 aliphatic carbocycles. The van der Waals surface area contributed by atoms with Crippen molar-refractivity contribution in [2.24, 2.45) is 5.41 Å². The van der Waals surface area contributed by atoms with E-state index in [-0.39, 0.29) is 17.9 Å². The van der Waals surface area contributed by atoms with Gasteiger partial charge in [0.25, 0.3) is 0 Å². The fourth-order valence-corrected chi connectivity index (χ4v) is 2.53. The van der Waals surface area contributed by atoms with Crippen LogP contribution in [0.2, 0.25) is 0 Å². The third-order valence-corrected chi connectivity index (χ3v) is 3.80. The Morgan fingerprint density at radius 3 is 2.12 bits per heavy atom. The van der Waals surface area contributed by atoms with Crippen molar-refractivity contribution in [1.82, 2.24) is 0 Å². The highest BCUT2D eigenvalue weighted by atomic mass is 16.7. The number of aldehydes is 1. The van der Waals surface area contributed by atoms with E-state index >= 15 is 0 Å².